The van der Waals surface area contributed by atoms with E-state index in [0.29, 0.717) is 18.9 Å². The van der Waals surface area contributed by atoms with Gasteiger partial charge in [0.15, 0.2) is 0 Å². The molecular formula is C16H19NO2. The van der Waals surface area contributed by atoms with Gasteiger partial charge >= 0.3 is 0 Å². The molecule has 0 aliphatic heterocycles. The molecule has 0 saturated carbocycles. The van der Waals surface area contributed by atoms with Crippen LogP contribution in [0.3, 0.4) is 0 Å². The van der Waals surface area contributed by atoms with Gasteiger partial charge in [0.2, 0.25) is 0 Å². The number of aliphatic hydroxyl groups excluding tert-OH is 1. The van der Waals surface area contributed by atoms with Gasteiger partial charge in [-0.05, 0) is 30.5 Å². The Bertz CT molecular complexity index is 459. The maximum atomic E-state index is 9.85. The van der Waals surface area contributed by atoms with Crippen molar-refractivity contribution in [1.82, 2.24) is 4.98 Å². The lowest BCUT2D eigenvalue weighted by Crippen LogP contribution is -2.09. The molecule has 0 radical (unpaired) electrons. The van der Waals surface area contributed by atoms with Crippen LogP contribution in [0.2, 0.25) is 0 Å². The Morgan fingerprint density at radius 1 is 1.05 bits per heavy atom. The van der Waals surface area contributed by atoms with E-state index < -0.39 is 6.10 Å². The molecular weight excluding hydrogens is 238 g/mol. The number of hydrogen-bond donors (Lipinski definition) is 1. The Kier molecular flexibility index (Phi) is 5.53. The highest BCUT2D eigenvalue weighted by Gasteiger charge is 2.07. The molecule has 0 amide bonds. The van der Waals surface area contributed by atoms with Crippen molar-refractivity contribution in [3.05, 3.63) is 66.0 Å². The van der Waals surface area contributed by atoms with Crippen molar-refractivity contribution in [2.24, 2.45) is 0 Å². The number of nitrogens with zero attached hydrogens (tertiary/aromatic N) is 1. The highest BCUT2D eigenvalue weighted by molar-refractivity contribution is 5.14. The molecule has 1 N–H and O–H groups in total. The average Bonchev–Trinajstić information content (AvgIpc) is 2.49. The van der Waals surface area contributed by atoms with E-state index in [-0.39, 0.29) is 0 Å². The Balaban J connectivity index is 1.62. The number of pyridine rings is 1. The highest BCUT2D eigenvalue weighted by atomic mass is 16.5. The summed E-state index contributed by atoms with van der Waals surface area (Å²) in [6.45, 7) is 0.949. The van der Waals surface area contributed by atoms with Crippen LogP contribution in [0.4, 0.5) is 0 Å². The summed E-state index contributed by atoms with van der Waals surface area (Å²) in [5, 5.41) is 9.85. The summed E-state index contributed by atoms with van der Waals surface area (Å²) < 4.78 is 5.48. The van der Waals surface area contributed by atoms with E-state index in [9.17, 15) is 5.11 Å². The fourth-order valence-corrected chi connectivity index (χ4v) is 1.88. The van der Waals surface area contributed by atoms with Crippen LogP contribution in [-0.2, 0) is 11.2 Å². The monoisotopic (exact) mass is 257 g/mol. The number of aromatic nitrogens is 1. The molecule has 0 aliphatic carbocycles. The molecule has 0 saturated heterocycles. The van der Waals surface area contributed by atoms with Crippen LogP contribution in [-0.4, -0.2) is 23.3 Å². The molecule has 19 heavy (non-hydrogen) atoms. The lowest BCUT2D eigenvalue weighted by Gasteiger charge is -2.10. The minimum absolute atomic E-state index is 0.297. The third-order valence-corrected chi connectivity index (χ3v) is 2.90. The summed E-state index contributed by atoms with van der Waals surface area (Å²) in [6.07, 6.45) is 2.99. The number of aliphatic hydroxyl groups is 1. The first-order valence-electron chi connectivity index (χ1n) is 6.57. The van der Waals surface area contributed by atoms with Crippen molar-refractivity contribution in [2.75, 3.05) is 13.2 Å². The number of benzene rings is 1. The topological polar surface area (TPSA) is 42.4 Å². The Morgan fingerprint density at radius 3 is 2.58 bits per heavy atom. The van der Waals surface area contributed by atoms with Crippen LogP contribution in [0.1, 0.15) is 23.8 Å². The second kappa shape index (κ2) is 7.67. The molecule has 2 aromatic rings. The van der Waals surface area contributed by atoms with Crippen LogP contribution in [0, 0.1) is 0 Å². The van der Waals surface area contributed by atoms with Gasteiger partial charge in [-0.3, -0.25) is 4.98 Å². The number of rotatable bonds is 7. The van der Waals surface area contributed by atoms with E-state index in [1.54, 1.807) is 12.3 Å². The van der Waals surface area contributed by atoms with Crippen molar-refractivity contribution < 1.29 is 9.84 Å². The van der Waals surface area contributed by atoms with Crippen LogP contribution in [0.15, 0.2) is 54.7 Å². The van der Waals surface area contributed by atoms with E-state index in [2.05, 4.69) is 17.1 Å². The Hall–Kier alpha value is -1.71. The SMILES string of the molecule is O[C@H](COCCCc1ccccc1)c1ccccn1. The fraction of sp³-hybridized carbons (Fsp3) is 0.312. The standard InChI is InChI=1S/C16H19NO2/c18-16(15-10-4-5-11-17-15)13-19-12-6-9-14-7-2-1-3-8-14/h1-5,7-8,10-11,16,18H,6,9,12-13H2/t16-/m1/s1. The lowest BCUT2D eigenvalue weighted by atomic mass is 10.1. The van der Waals surface area contributed by atoms with Gasteiger partial charge in [0.05, 0.1) is 12.3 Å². The van der Waals surface area contributed by atoms with Crippen molar-refractivity contribution in [1.29, 1.82) is 0 Å². The predicted molar refractivity (Wildman–Crippen MR) is 74.8 cm³/mol. The summed E-state index contributed by atoms with van der Waals surface area (Å²) >= 11 is 0. The van der Waals surface area contributed by atoms with Crippen LogP contribution in [0.5, 0.6) is 0 Å². The minimum Gasteiger partial charge on any atom is -0.384 e. The molecule has 0 bridgehead atoms. The van der Waals surface area contributed by atoms with Gasteiger partial charge in [0.25, 0.3) is 0 Å². The van der Waals surface area contributed by atoms with Gasteiger partial charge in [0, 0.05) is 12.8 Å². The number of hydrogen-bond acceptors (Lipinski definition) is 3. The molecule has 2 rings (SSSR count). The Morgan fingerprint density at radius 2 is 1.84 bits per heavy atom. The van der Waals surface area contributed by atoms with Crippen LogP contribution >= 0.6 is 0 Å². The molecule has 1 heterocycles. The summed E-state index contributed by atoms with van der Waals surface area (Å²) in [5.41, 5.74) is 1.97. The van der Waals surface area contributed by atoms with Gasteiger partial charge in [0.1, 0.15) is 6.10 Å². The van der Waals surface area contributed by atoms with E-state index in [4.69, 9.17) is 4.74 Å². The second-order valence-corrected chi connectivity index (χ2v) is 4.43. The average molecular weight is 257 g/mol. The van der Waals surface area contributed by atoms with E-state index in [1.165, 1.54) is 5.56 Å². The molecule has 1 atom stereocenters. The van der Waals surface area contributed by atoms with E-state index in [1.807, 2.05) is 30.3 Å². The zero-order valence-electron chi connectivity index (χ0n) is 10.9. The summed E-state index contributed by atoms with van der Waals surface area (Å²) in [5.74, 6) is 0. The molecule has 0 spiro atoms. The van der Waals surface area contributed by atoms with Crippen molar-refractivity contribution >= 4 is 0 Å². The normalized spacial score (nSPS) is 12.3. The first kappa shape index (κ1) is 13.7. The lowest BCUT2D eigenvalue weighted by molar-refractivity contribution is 0.0331. The van der Waals surface area contributed by atoms with E-state index >= 15 is 0 Å². The maximum Gasteiger partial charge on any atom is 0.119 e. The third kappa shape index (κ3) is 4.81. The first-order valence-corrected chi connectivity index (χ1v) is 6.57. The highest BCUT2D eigenvalue weighted by Crippen LogP contribution is 2.09. The number of ether oxygens (including phenoxy) is 1. The summed E-state index contributed by atoms with van der Waals surface area (Å²) in [7, 11) is 0. The van der Waals surface area contributed by atoms with Crippen LogP contribution in [0.25, 0.3) is 0 Å². The van der Waals surface area contributed by atoms with Crippen molar-refractivity contribution in [3.63, 3.8) is 0 Å². The molecule has 100 valence electrons. The van der Waals surface area contributed by atoms with Crippen LogP contribution < -0.4 is 0 Å². The van der Waals surface area contributed by atoms with E-state index in [0.717, 1.165) is 12.8 Å². The molecule has 0 aliphatic rings. The van der Waals surface area contributed by atoms with Gasteiger partial charge in [-0.25, -0.2) is 0 Å². The summed E-state index contributed by atoms with van der Waals surface area (Å²) in [6, 6.07) is 15.8. The smallest absolute Gasteiger partial charge is 0.119 e. The maximum absolute atomic E-state index is 9.85. The zero-order chi connectivity index (χ0) is 13.3. The molecule has 1 aromatic carbocycles. The molecule has 3 heteroatoms. The van der Waals surface area contributed by atoms with Gasteiger partial charge in [-0.2, -0.15) is 0 Å². The predicted octanol–water partition coefficient (Wildman–Crippen LogP) is 2.76. The molecule has 3 nitrogen and oxygen atoms in total. The largest absolute Gasteiger partial charge is 0.384 e. The van der Waals surface area contributed by atoms with Crippen molar-refractivity contribution in [2.45, 2.75) is 18.9 Å². The van der Waals surface area contributed by atoms with Gasteiger partial charge in [-0.1, -0.05) is 36.4 Å². The first-order chi connectivity index (χ1) is 9.36. The molecule has 0 unspecified atom stereocenters. The third-order valence-electron chi connectivity index (χ3n) is 2.90. The zero-order valence-corrected chi connectivity index (χ0v) is 10.9. The molecule has 0 fully saturated rings. The van der Waals surface area contributed by atoms with Gasteiger partial charge in [-0.15, -0.1) is 0 Å². The quantitative estimate of drug-likeness (QED) is 0.775. The Labute approximate surface area is 113 Å². The minimum atomic E-state index is -0.641. The van der Waals surface area contributed by atoms with Gasteiger partial charge < -0.3 is 9.84 Å². The van der Waals surface area contributed by atoms with Crippen molar-refractivity contribution in [3.8, 4) is 0 Å². The fourth-order valence-electron chi connectivity index (χ4n) is 1.88. The molecule has 1 aromatic heterocycles. The summed E-state index contributed by atoms with van der Waals surface area (Å²) in [4.78, 5) is 4.10. The number of aryl methyl sites for hydroxylation is 1. The second-order valence-electron chi connectivity index (χ2n) is 4.43.